The molecule has 0 radical (unpaired) electrons. The fourth-order valence-corrected chi connectivity index (χ4v) is 4.02. The Labute approximate surface area is 177 Å². The van der Waals surface area contributed by atoms with Gasteiger partial charge in [0.2, 0.25) is 5.91 Å². The number of hydrogen-bond acceptors (Lipinski definition) is 4. The van der Waals surface area contributed by atoms with Crippen molar-refractivity contribution in [2.24, 2.45) is 5.92 Å². The largest absolute Gasteiger partial charge is 0.391 e. The predicted octanol–water partition coefficient (Wildman–Crippen LogP) is 2.63. The van der Waals surface area contributed by atoms with Crippen molar-refractivity contribution in [2.75, 3.05) is 31.6 Å². The summed E-state index contributed by atoms with van der Waals surface area (Å²) in [5.41, 5.74) is 0.585. The molecule has 166 valence electrons. The molecule has 3 rings (SSSR count). The van der Waals surface area contributed by atoms with Crippen molar-refractivity contribution in [2.45, 2.75) is 57.6 Å². The molecule has 2 fully saturated rings. The second-order valence-corrected chi connectivity index (χ2v) is 9.20. The lowest BCUT2D eigenvalue weighted by Crippen LogP contribution is -2.53. The Hall–Kier alpha value is -2.19. The number of carbonyl (C=O) groups is 2. The zero-order valence-electron chi connectivity index (χ0n) is 17.9. The molecule has 2 atom stereocenters. The number of nitrogens with zero attached hydrogens (tertiary/aromatic N) is 1. The molecule has 1 aromatic carbocycles. The summed E-state index contributed by atoms with van der Waals surface area (Å²) in [7, 11) is 0. The second-order valence-electron chi connectivity index (χ2n) is 9.20. The SMILES string of the molecule is CC(C)(C)c1ccc(NC(=O)C(NC(=O)N2CC[C@H](O)C2)C2CCOCC2)cc1F. The Morgan fingerprint density at radius 3 is 2.50 bits per heavy atom. The monoisotopic (exact) mass is 421 g/mol. The molecule has 0 bridgehead atoms. The van der Waals surface area contributed by atoms with Crippen molar-refractivity contribution in [1.29, 1.82) is 0 Å². The normalized spacial score (nSPS) is 21.4. The Bertz CT molecular complexity index is 774. The molecule has 0 saturated carbocycles. The molecule has 0 aromatic heterocycles. The first-order valence-electron chi connectivity index (χ1n) is 10.6. The van der Waals surface area contributed by atoms with Crippen LogP contribution in [0.5, 0.6) is 0 Å². The van der Waals surface area contributed by atoms with Gasteiger partial charge in [-0.2, -0.15) is 0 Å². The van der Waals surface area contributed by atoms with E-state index in [4.69, 9.17) is 4.74 Å². The molecule has 0 spiro atoms. The Kier molecular flexibility index (Phi) is 6.98. The molecular weight excluding hydrogens is 389 g/mol. The van der Waals surface area contributed by atoms with Crippen LogP contribution < -0.4 is 10.6 Å². The third-order valence-electron chi connectivity index (χ3n) is 5.79. The number of hydrogen-bond donors (Lipinski definition) is 3. The van der Waals surface area contributed by atoms with Gasteiger partial charge in [-0.15, -0.1) is 0 Å². The fraction of sp³-hybridized carbons (Fsp3) is 0.636. The highest BCUT2D eigenvalue weighted by molar-refractivity contribution is 5.97. The number of amides is 3. The van der Waals surface area contributed by atoms with Crippen LogP contribution in [0.25, 0.3) is 0 Å². The quantitative estimate of drug-likeness (QED) is 0.697. The van der Waals surface area contributed by atoms with Crippen molar-refractivity contribution >= 4 is 17.6 Å². The number of aliphatic hydroxyl groups excluding tert-OH is 1. The number of carbonyl (C=O) groups excluding carboxylic acids is 2. The van der Waals surface area contributed by atoms with Crippen LogP contribution >= 0.6 is 0 Å². The van der Waals surface area contributed by atoms with E-state index < -0.39 is 12.1 Å². The van der Waals surface area contributed by atoms with Crippen LogP contribution in [0.1, 0.15) is 45.6 Å². The minimum Gasteiger partial charge on any atom is -0.391 e. The van der Waals surface area contributed by atoms with E-state index in [2.05, 4.69) is 10.6 Å². The number of anilines is 1. The number of ether oxygens (including phenoxy) is 1. The topological polar surface area (TPSA) is 90.9 Å². The van der Waals surface area contributed by atoms with Gasteiger partial charge in [0.15, 0.2) is 0 Å². The molecule has 3 amide bonds. The number of urea groups is 1. The molecular formula is C22H32FN3O4. The summed E-state index contributed by atoms with van der Waals surface area (Å²) in [5, 5.41) is 15.3. The van der Waals surface area contributed by atoms with Crippen molar-refractivity contribution in [3.05, 3.63) is 29.6 Å². The number of benzene rings is 1. The van der Waals surface area contributed by atoms with Crippen LogP contribution in [-0.2, 0) is 14.9 Å². The lowest BCUT2D eigenvalue weighted by molar-refractivity contribution is -0.120. The highest BCUT2D eigenvalue weighted by Gasteiger charge is 2.34. The zero-order chi connectivity index (χ0) is 21.9. The second kappa shape index (κ2) is 9.31. The Morgan fingerprint density at radius 1 is 1.23 bits per heavy atom. The summed E-state index contributed by atoms with van der Waals surface area (Å²) < 4.78 is 19.9. The molecule has 2 saturated heterocycles. The molecule has 8 heteroatoms. The van der Waals surface area contributed by atoms with Gasteiger partial charge in [-0.1, -0.05) is 26.8 Å². The van der Waals surface area contributed by atoms with Gasteiger partial charge in [0.1, 0.15) is 11.9 Å². The van der Waals surface area contributed by atoms with E-state index in [1.165, 1.54) is 11.0 Å². The van der Waals surface area contributed by atoms with E-state index in [9.17, 15) is 19.1 Å². The number of β-amino-alcohol motifs (C(OH)–C–C–N with tert-alkyl or cyclic N) is 1. The first-order valence-corrected chi connectivity index (χ1v) is 10.6. The third-order valence-corrected chi connectivity index (χ3v) is 5.79. The highest BCUT2D eigenvalue weighted by atomic mass is 19.1. The number of aliphatic hydroxyl groups is 1. The van der Waals surface area contributed by atoms with E-state index in [-0.39, 0.29) is 35.6 Å². The molecule has 1 unspecified atom stereocenters. The minimum absolute atomic E-state index is 0.0751. The molecule has 0 aliphatic carbocycles. The fourth-order valence-electron chi connectivity index (χ4n) is 4.02. The Morgan fingerprint density at radius 2 is 1.93 bits per heavy atom. The van der Waals surface area contributed by atoms with E-state index in [0.29, 0.717) is 50.3 Å². The van der Waals surface area contributed by atoms with Gasteiger partial charge in [-0.3, -0.25) is 4.79 Å². The van der Waals surface area contributed by atoms with Gasteiger partial charge < -0.3 is 25.4 Å². The van der Waals surface area contributed by atoms with Gasteiger partial charge >= 0.3 is 6.03 Å². The molecule has 3 N–H and O–H groups in total. The Balaban J connectivity index is 1.73. The van der Waals surface area contributed by atoms with Gasteiger partial charge in [-0.05, 0) is 48.3 Å². The number of halogens is 1. The number of likely N-dealkylation sites (tertiary alicyclic amines) is 1. The maximum Gasteiger partial charge on any atom is 0.318 e. The van der Waals surface area contributed by atoms with Crippen LogP contribution in [-0.4, -0.2) is 60.4 Å². The maximum atomic E-state index is 14.5. The molecule has 7 nitrogen and oxygen atoms in total. The van der Waals surface area contributed by atoms with Gasteiger partial charge in [0, 0.05) is 32.0 Å². The first-order chi connectivity index (χ1) is 14.1. The average molecular weight is 422 g/mol. The van der Waals surface area contributed by atoms with Gasteiger partial charge in [0.05, 0.1) is 6.10 Å². The van der Waals surface area contributed by atoms with Crippen molar-refractivity contribution < 1.29 is 23.8 Å². The van der Waals surface area contributed by atoms with E-state index >= 15 is 0 Å². The molecule has 2 aliphatic rings. The summed E-state index contributed by atoms with van der Waals surface area (Å²) in [6, 6.07) is 3.55. The average Bonchev–Trinajstić information content (AvgIpc) is 3.12. The number of rotatable bonds is 4. The third kappa shape index (κ3) is 5.49. The summed E-state index contributed by atoms with van der Waals surface area (Å²) in [6.45, 7) is 7.55. The predicted molar refractivity (Wildman–Crippen MR) is 112 cm³/mol. The first kappa shape index (κ1) is 22.5. The lowest BCUT2D eigenvalue weighted by atomic mass is 9.86. The number of nitrogens with one attached hydrogen (secondary N) is 2. The highest BCUT2D eigenvalue weighted by Crippen LogP contribution is 2.27. The van der Waals surface area contributed by atoms with Crippen LogP contribution in [0.2, 0.25) is 0 Å². The van der Waals surface area contributed by atoms with Crippen molar-refractivity contribution in [1.82, 2.24) is 10.2 Å². The molecule has 2 aliphatic heterocycles. The zero-order valence-corrected chi connectivity index (χ0v) is 17.9. The van der Waals surface area contributed by atoms with Crippen LogP contribution in [0, 0.1) is 11.7 Å². The summed E-state index contributed by atoms with van der Waals surface area (Å²) >= 11 is 0. The summed E-state index contributed by atoms with van der Waals surface area (Å²) in [5.74, 6) is -0.829. The smallest absolute Gasteiger partial charge is 0.318 e. The molecule has 30 heavy (non-hydrogen) atoms. The molecule has 2 heterocycles. The van der Waals surface area contributed by atoms with Crippen molar-refractivity contribution in [3.8, 4) is 0 Å². The van der Waals surface area contributed by atoms with E-state index in [1.807, 2.05) is 20.8 Å². The standard InChI is InChI=1S/C22H32FN3O4/c1-22(2,3)17-5-4-15(12-18(17)23)24-20(28)19(14-7-10-30-11-8-14)25-21(29)26-9-6-16(27)13-26/h4-5,12,14,16,19,27H,6-11,13H2,1-3H3,(H,24,28)(H,25,29)/t16-,19?/m0/s1. The van der Waals surface area contributed by atoms with Crippen LogP contribution in [0.15, 0.2) is 18.2 Å². The van der Waals surface area contributed by atoms with E-state index in [1.54, 1.807) is 12.1 Å². The maximum absolute atomic E-state index is 14.5. The van der Waals surface area contributed by atoms with Crippen LogP contribution in [0.4, 0.5) is 14.9 Å². The van der Waals surface area contributed by atoms with Gasteiger partial charge in [0.25, 0.3) is 0 Å². The van der Waals surface area contributed by atoms with E-state index in [0.717, 1.165) is 0 Å². The van der Waals surface area contributed by atoms with Crippen LogP contribution in [0.3, 0.4) is 0 Å². The molecule has 1 aromatic rings. The lowest BCUT2D eigenvalue weighted by Gasteiger charge is -2.31. The van der Waals surface area contributed by atoms with Crippen molar-refractivity contribution in [3.63, 3.8) is 0 Å². The summed E-state index contributed by atoms with van der Waals surface area (Å²) in [4.78, 5) is 27.2. The minimum atomic E-state index is -0.760. The van der Waals surface area contributed by atoms with Gasteiger partial charge in [-0.25, -0.2) is 9.18 Å². The summed E-state index contributed by atoms with van der Waals surface area (Å²) in [6.07, 6.45) is 1.30.